The lowest BCUT2D eigenvalue weighted by Gasteiger charge is -2.27. The van der Waals surface area contributed by atoms with Crippen LogP contribution in [-0.2, 0) is 16.0 Å². The fourth-order valence-corrected chi connectivity index (χ4v) is 3.15. The third-order valence-electron chi connectivity index (χ3n) is 4.59. The third kappa shape index (κ3) is 6.09. The van der Waals surface area contributed by atoms with E-state index >= 15 is 0 Å². The first-order valence-corrected chi connectivity index (χ1v) is 9.52. The fraction of sp³-hybridized carbons (Fsp3) is 0.381. The first-order valence-electron chi connectivity index (χ1n) is 9.52. The maximum atomic E-state index is 12.0. The summed E-state index contributed by atoms with van der Waals surface area (Å²) < 4.78 is 0. The van der Waals surface area contributed by atoms with Crippen LogP contribution in [0.3, 0.4) is 0 Å². The van der Waals surface area contributed by atoms with Gasteiger partial charge in [0.1, 0.15) is 5.82 Å². The number of carbonyl (C=O) groups is 2. The molecule has 0 radical (unpaired) electrons. The van der Waals surface area contributed by atoms with Crippen LogP contribution in [0, 0.1) is 0 Å². The van der Waals surface area contributed by atoms with Gasteiger partial charge < -0.3 is 15.5 Å². The van der Waals surface area contributed by atoms with E-state index in [1.165, 1.54) is 19.3 Å². The largest absolute Gasteiger partial charge is 0.357 e. The number of nitrogens with one attached hydrogen (secondary N) is 2. The van der Waals surface area contributed by atoms with Crippen molar-refractivity contribution in [3.05, 3.63) is 54.2 Å². The zero-order valence-electron chi connectivity index (χ0n) is 15.5. The van der Waals surface area contributed by atoms with E-state index < -0.39 is 0 Å². The van der Waals surface area contributed by atoms with Crippen LogP contribution < -0.4 is 15.5 Å². The van der Waals surface area contributed by atoms with Crippen molar-refractivity contribution in [3.8, 4) is 0 Å². The number of hydrogen-bond acceptors (Lipinski definition) is 4. The summed E-state index contributed by atoms with van der Waals surface area (Å²) in [6.07, 6.45) is 5.94. The Morgan fingerprint density at radius 1 is 0.963 bits per heavy atom. The first-order chi connectivity index (χ1) is 13.2. The molecule has 0 unspecified atom stereocenters. The maximum Gasteiger partial charge on any atom is 0.226 e. The minimum atomic E-state index is -0.137. The van der Waals surface area contributed by atoms with Crippen LogP contribution in [0.2, 0.25) is 0 Å². The molecule has 2 N–H and O–H groups in total. The van der Waals surface area contributed by atoms with E-state index in [0.29, 0.717) is 18.7 Å². The van der Waals surface area contributed by atoms with Crippen LogP contribution in [0.4, 0.5) is 11.5 Å². The molecule has 6 nitrogen and oxygen atoms in total. The van der Waals surface area contributed by atoms with E-state index in [4.69, 9.17) is 0 Å². The number of pyridine rings is 1. The van der Waals surface area contributed by atoms with Crippen LogP contribution in [-0.4, -0.2) is 36.4 Å². The number of rotatable bonds is 7. The van der Waals surface area contributed by atoms with Gasteiger partial charge in [0.05, 0.1) is 18.3 Å². The van der Waals surface area contributed by atoms with Crippen LogP contribution in [0.5, 0.6) is 0 Å². The number of benzene rings is 1. The quantitative estimate of drug-likeness (QED) is 0.790. The zero-order valence-corrected chi connectivity index (χ0v) is 15.5. The summed E-state index contributed by atoms with van der Waals surface area (Å²) in [4.78, 5) is 30.6. The molecule has 6 heteroatoms. The number of anilines is 2. The average molecular weight is 366 g/mol. The molecule has 1 aromatic heterocycles. The van der Waals surface area contributed by atoms with Crippen molar-refractivity contribution in [1.82, 2.24) is 10.3 Å². The van der Waals surface area contributed by atoms with Gasteiger partial charge in [-0.2, -0.15) is 0 Å². The number of hydrogen-bond donors (Lipinski definition) is 2. The van der Waals surface area contributed by atoms with E-state index in [-0.39, 0.29) is 18.2 Å². The standard InChI is InChI=1S/C21H26N4O2/c26-20(11-12-22-21(27)15-17-7-3-1-4-8-17)24-18-9-10-19(23-16-18)25-13-5-2-6-14-25/h1,3-4,7-10,16H,2,5-6,11-15H2,(H,22,27)(H,24,26). The number of aromatic nitrogens is 1. The molecule has 2 heterocycles. The van der Waals surface area contributed by atoms with E-state index in [1.807, 2.05) is 42.5 Å². The molecule has 1 aliphatic heterocycles. The molecule has 0 spiro atoms. The lowest BCUT2D eigenvalue weighted by molar-refractivity contribution is -0.120. The van der Waals surface area contributed by atoms with Gasteiger partial charge in [-0.05, 0) is 37.0 Å². The highest BCUT2D eigenvalue weighted by atomic mass is 16.2. The normalized spacial score (nSPS) is 13.9. The molecular formula is C21H26N4O2. The van der Waals surface area contributed by atoms with Crippen LogP contribution in [0.15, 0.2) is 48.7 Å². The van der Waals surface area contributed by atoms with Crippen molar-refractivity contribution in [2.24, 2.45) is 0 Å². The van der Waals surface area contributed by atoms with Gasteiger partial charge >= 0.3 is 0 Å². The number of piperidine rings is 1. The molecule has 27 heavy (non-hydrogen) atoms. The van der Waals surface area contributed by atoms with Crippen molar-refractivity contribution < 1.29 is 9.59 Å². The summed E-state index contributed by atoms with van der Waals surface area (Å²) in [6.45, 7) is 2.40. The molecule has 0 aliphatic carbocycles. The van der Waals surface area contributed by atoms with Crippen LogP contribution in [0.25, 0.3) is 0 Å². The Kier molecular flexibility index (Phi) is 6.79. The molecule has 0 bridgehead atoms. The Morgan fingerprint density at radius 2 is 1.74 bits per heavy atom. The molecule has 0 atom stereocenters. The molecule has 3 rings (SSSR count). The minimum Gasteiger partial charge on any atom is -0.357 e. The van der Waals surface area contributed by atoms with E-state index in [1.54, 1.807) is 6.20 Å². The Balaban J connectivity index is 1.38. The monoisotopic (exact) mass is 366 g/mol. The van der Waals surface area contributed by atoms with Crippen molar-refractivity contribution in [2.75, 3.05) is 29.9 Å². The highest BCUT2D eigenvalue weighted by Gasteiger charge is 2.12. The second-order valence-corrected chi connectivity index (χ2v) is 6.76. The molecule has 142 valence electrons. The molecule has 2 aromatic rings. The van der Waals surface area contributed by atoms with Crippen molar-refractivity contribution in [2.45, 2.75) is 32.1 Å². The van der Waals surface area contributed by atoms with Crippen molar-refractivity contribution in [3.63, 3.8) is 0 Å². The highest BCUT2D eigenvalue weighted by molar-refractivity contribution is 5.91. The van der Waals surface area contributed by atoms with E-state index in [2.05, 4.69) is 20.5 Å². The summed E-state index contributed by atoms with van der Waals surface area (Å²) >= 11 is 0. The fourth-order valence-electron chi connectivity index (χ4n) is 3.15. The Bertz CT molecular complexity index is 741. The predicted octanol–water partition coefficient (Wildman–Crippen LogP) is 2.76. The molecule has 1 aromatic carbocycles. The zero-order chi connectivity index (χ0) is 18.9. The highest BCUT2D eigenvalue weighted by Crippen LogP contribution is 2.18. The Morgan fingerprint density at radius 3 is 2.44 bits per heavy atom. The van der Waals surface area contributed by atoms with E-state index in [9.17, 15) is 9.59 Å². The number of nitrogens with zero attached hydrogens (tertiary/aromatic N) is 2. The third-order valence-corrected chi connectivity index (χ3v) is 4.59. The van der Waals surface area contributed by atoms with Gasteiger partial charge in [0.2, 0.25) is 11.8 Å². The first kappa shape index (κ1) is 18.9. The van der Waals surface area contributed by atoms with Gasteiger partial charge in [-0.25, -0.2) is 4.98 Å². The van der Waals surface area contributed by atoms with Gasteiger partial charge in [-0.1, -0.05) is 30.3 Å². The Hall–Kier alpha value is -2.89. The number of carbonyl (C=O) groups excluding carboxylic acids is 2. The summed E-state index contributed by atoms with van der Waals surface area (Å²) in [5.74, 6) is 0.741. The smallest absolute Gasteiger partial charge is 0.226 e. The molecule has 2 amide bonds. The van der Waals surface area contributed by atoms with Crippen LogP contribution >= 0.6 is 0 Å². The van der Waals surface area contributed by atoms with Crippen molar-refractivity contribution in [1.29, 1.82) is 0 Å². The van der Waals surface area contributed by atoms with E-state index in [0.717, 1.165) is 24.5 Å². The van der Waals surface area contributed by atoms with Crippen molar-refractivity contribution >= 4 is 23.3 Å². The SMILES string of the molecule is O=C(Cc1ccccc1)NCCC(=O)Nc1ccc(N2CCCCC2)nc1. The molecule has 1 saturated heterocycles. The van der Waals surface area contributed by atoms with Gasteiger partial charge in [-0.3, -0.25) is 9.59 Å². The number of amides is 2. The predicted molar refractivity (Wildman–Crippen MR) is 107 cm³/mol. The van der Waals surface area contributed by atoms with Gasteiger partial charge in [0.15, 0.2) is 0 Å². The lowest BCUT2D eigenvalue weighted by Crippen LogP contribution is -2.30. The minimum absolute atomic E-state index is 0.0819. The second-order valence-electron chi connectivity index (χ2n) is 6.76. The van der Waals surface area contributed by atoms with Gasteiger partial charge in [0, 0.05) is 26.1 Å². The molecule has 0 saturated carbocycles. The summed E-state index contributed by atoms with van der Waals surface area (Å²) in [5, 5.41) is 5.60. The topological polar surface area (TPSA) is 74.3 Å². The Labute approximate surface area is 160 Å². The second kappa shape index (κ2) is 9.71. The van der Waals surface area contributed by atoms with Crippen LogP contribution in [0.1, 0.15) is 31.2 Å². The summed E-state index contributed by atoms with van der Waals surface area (Å²) in [5.41, 5.74) is 1.63. The lowest BCUT2D eigenvalue weighted by atomic mass is 10.1. The summed E-state index contributed by atoms with van der Waals surface area (Å²) in [6, 6.07) is 13.4. The molecule has 1 aliphatic rings. The maximum absolute atomic E-state index is 12.0. The molecule has 1 fully saturated rings. The van der Waals surface area contributed by atoms with Gasteiger partial charge in [-0.15, -0.1) is 0 Å². The summed E-state index contributed by atoms with van der Waals surface area (Å²) in [7, 11) is 0. The average Bonchev–Trinajstić information content (AvgIpc) is 2.70. The molecular weight excluding hydrogens is 340 g/mol. The van der Waals surface area contributed by atoms with Gasteiger partial charge in [0.25, 0.3) is 0 Å².